The summed E-state index contributed by atoms with van der Waals surface area (Å²) in [5, 5.41) is 0. The fourth-order valence-corrected chi connectivity index (χ4v) is 5.50. The molecule has 0 aromatic heterocycles. The van der Waals surface area contributed by atoms with Crippen LogP contribution in [0.25, 0.3) is 0 Å². The molecule has 2 saturated heterocycles. The van der Waals surface area contributed by atoms with Gasteiger partial charge in [0.1, 0.15) is 31.0 Å². The number of nitrogens with zero attached hydrogens (tertiary/aromatic N) is 1. The lowest BCUT2D eigenvalue weighted by Crippen LogP contribution is -2.54. The zero-order valence-electron chi connectivity index (χ0n) is 24.1. The standard InChI is InChI=1S/C36H37NO6/c38-36(42-25-30-19-11-4-12-20-30)37-21-32-34(43-32)35(41-24-29-17-9-3-10-18-29)33(40-23-28-15-7-2-8-16-28)31(37)26-39-22-27-13-5-1-6-14-27/h1-20,31-35H,21-26H2/t31-,32-,33+,34-,35-/m0/s1. The molecular formula is C36H37NO6. The minimum atomic E-state index is -0.526. The molecule has 0 N–H and O–H groups in total. The average molecular weight is 580 g/mol. The molecule has 4 aromatic carbocycles. The second-order valence-electron chi connectivity index (χ2n) is 10.9. The van der Waals surface area contributed by atoms with Gasteiger partial charge in [0, 0.05) is 0 Å². The lowest BCUT2D eigenvalue weighted by atomic mass is 10.0. The Morgan fingerprint density at radius 3 is 1.63 bits per heavy atom. The Balaban J connectivity index is 1.26. The molecule has 7 nitrogen and oxygen atoms in total. The first kappa shape index (κ1) is 29.1. The van der Waals surface area contributed by atoms with E-state index in [9.17, 15) is 4.79 Å². The molecule has 0 radical (unpaired) electrons. The van der Waals surface area contributed by atoms with Crippen LogP contribution in [0.5, 0.6) is 0 Å². The fourth-order valence-electron chi connectivity index (χ4n) is 5.50. The normalized spacial score (nSPS) is 22.8. The number of benzene rings is 4. The molecule has 7 heteroatoms. The highest BCUT2D eigenvalue weighted by atomic mass is 16.6. The minimum absolute atomic E-state index is 0.173. The van der Waals surface area contributed by atoms with Crippen molar-refractivity contribution < 1.29 is 28.5 Å². The maximum atomic E-state index is 13.7. The van der Waals surface area contributed by atoms with Gasteiger partial charge in [-0.25, -0.2) is 4.79 Å². The van der Waals surface area contributed by atoms with Crippen molar-refractivity contribution in [1.82, 2.24) is 4.90 Å². The number of amides is 1. The van der Waals surface area contributed by atoms with Gasteiger partial charge in [-0.15, -0.1) is 0 Å². The van der Waals surface area contributed by atoms with E-state index in [0.29, 0.717) is 26.4 Å². The van der Waals surface area contributed by atoms with E-state index in [2.05, 4.69) is 0 Å². The third-order valence-corrected chi connectivity index (χ3v) is 7.84. The maximum Gasteiger partial charge on any atom is 0.410 e. The predicted molar refractivity (Wildman–Crippen MR) is 162 cm³/mol. The van der Waals surface area contributed by atoms with Crippen LogP contribution in [0.4, 0.5) is 4.79 Å². The van der Waals surface area contributed by atoms with E-state index in [1.807, 2.05) is 121 Å². The second kappa shape index (κ2) is 14.4. The third-order valence-electron chi connectivity index (χ3n) is 7.84. The van der Waals surface area contributed by atoms with Crippen LogP contribution < -0.4 is 0 Å². The van der Waals surface area contributed by atoms with Crippen molar-refractivity contribution in [2.45, 2.75) is 56.9 Å². The van der Waals surface area contributed by atoms with Gasteiger partial charge in [-0.05, 0) is 22.3 Å². The van der Waals surface area contributed by atoms with Gasteiger partial charge >= 0.3 is 6.09 Å². The number of hydrogen-bond acceptors (Lipinski definition) is 6. The Labute approximate surface area is 252 Å². The van der Waals surface area contributed by atoms with Crippen LogP contribution >= 0.6 is 0 Å². The summed E-state index contributed by atoms with van der Waals surface area (Å²) in [6, 6.07) is 39.3. The van der Waals surface area contributed by atoms with Gasteiger partial charge in [-0.3, -0.25) is 4.90 Å². The Morgan fingerprint density at radius 1 is 0.628 bits per heavy atom. The summed E-state index contributed by atoms with van der Waals surface area (Å²) >= 11 is 0. The first-order chi connectivity index (χ1) is 21.2. The highest BCUT2D eigenvalue weighted by Crippen LogP contribution is 2.38. The lowest BCUT2D eigenvalue weighted by molar-refractivity contribution is -0.133. The van der Waals surface area contributed by atoms with Crippen molar-refractivity contribution in [3.05, 3.63) is 144 Å². The van der Waals surface area contributed by atoms with Crippen LogP contribution in [0.2, 0.25) is 0 Å². The van der Waals surface area contributed by atoms with Crippen molar-refractivity contribution in [2.24, 2.45) is 0 Å². The molecule has 5 atom stereocenters. The van der Waals surface area contributed by atoms with Crippen molar-refractivity contribution in [2.75, 3.05) is 13.2 Å². The topological polar surface area (TPSA) is 69.8 Å². The molecule has 0 spiro atoms. The average Bonchev–Trinajstić information content (AvgIpc) is 3.84. The molecule has 0 bridgehead atoms. The molecule has 6 rings (SSSR count). The molecule has 2 aliphatic heterocycles. The number of likely N-dealkylation sites (tertiary alicyclic amines) is 1. The number of ether oxygens (including phenoxy) is 5. The van der Waals surface area contributed by atoms with Gasteiger partial charge in [-0.2, -0.15) is 0 Å². The van der Waals surface area contributed by atoms with Crippen LogP contribution in [0.1, 0.15) is 22.3 Å². The quantitative estimate of drug-likeness (QED) is 0.187. The Bertz CT molecular complexity index is 1410. The van der Waals surface area contributed by atoms with E-state index in [1.54, 1.807) is 4.90 Å². The van der Waals surface area contributed by atoms with Crippen LogP contribution in [0.3, 0.4) is 0 Å². The molecule has 2 heterocycles. The minimum Gasteiger partial charge on any atom is -0.445 e. The first-order valence-corrected chi connectivity index (χ1v) is 14.8. The summed E-state index contributed by atoms with van der Waals surface area (Å²) in [4.78, 5) is 15.5. The number of hydrogen-bond donors (Lipinski definition) is 0. The van der Waals surface area contributed by atoms with E-state index in [0.717, 1.165) is 22.3 Å². The fraction of sp³-hybridized carbons (Fsp3) is 0.306. The number of carbonyl (C=O) groups is 1. The zero-order chi connectivity index (χ0) is 29.3. The highest BCUT2D eigenvalue weighted by molar-refractivity contribution is 5.68. The van der Waals surface area contributed by atoms with Gasteiger partial charge in [-0.1, -0.05) is 121 Å². The first-order valence-electron chi connectivity index (χ1n) is 14.8. The van der Waals surface area contributed by atoms with Crippen molar-refractivity contribution >= 4 is 6.09 Å². The molecule has 43 heavy (non-hydrogen) atoms. The van der Waals surface area contributed by atoms with Gasteiger partial charge in [0.05, 0.1) is 39.0 Å². The van der Waals surface area contributed by atoms with Crippen molar-refractivity contribution in [1.29, 1.82) is 0 Å². The van der Waals surface area contributed by atoms with E-state index in [-0.39, 0.29) is 25.4 Å². The summed E-state index contributed by atoms with van der Waals surface area (Å²) in [5.41, 5.74) is 4.06. The van der Waals surface area contributed by atoms with Crippen molar-refractivity contribution in [3.8, 4) is 0 Å². The molecule has 0 unspecified atom stereocenters. The second-order valence-corrected chi connectivity index (χ2v) is 10.9. The SMILES string of the molecule is O=C(OCc1ccccc1)N1C[C@@H]2O[C@@H]2[C@@H](OCc2ccccc2)[C@H](OCc2ccccc2)[C@@H]1COCc1ccccc1. The van der Waals surface area contributed by atoms with Gasteiger partial charge < -0.3 is 23.7 Å². The monoisotopic (exact) mass is 579 g/mol. The van der Waals surface area contributed by atoms with Crippen LogP contribution in [-0.2, 0) is 50.1 Å². The van der Waals surface area contributed by atoms with Gasteiger partial charge in [0.2, 0.25) is 0 Å². The van der Waals surface area contributed by atoms with E-state index in [1.165, 1.54) is 0 Å². The lowest BCUT2D eigenvalue weighted by Gasteiger charge is -2.37. The summed E-state index contributed by atoms with van der Waals surface area (Å²) < 4.78 is 31.5. The Hall–Kier alpha value is -4.01. The zero-order valence-corrected chi connectivity index (χ0v) is 24.1. The number of carbonyl (C=O) groups excluding carboxylic acids is 1. The molecule has 4 aromatic rings. The maximum absolute atomic E-state index is 13.7. The number of rotatable bonds is 12. The van der Waals surface area contributed by atoms with E-state index >= 15 is 0 Å². The van der Waals surface area contributed by atoms with Crippen LogP contribution in [-0.4, -0.2) is 54.6 Å². The molecule has 0 aliphatic carbocycles. The number of fused-ring (bicyclic) bond motifs is 1. The Morgan fingerprint density at radius 2 is 1.09 bits per heavy atom. The van der Waals surface area contributed by atoms with Crippen LogP contribution in [0.15, 0.2) is 121 Å². The van der Waals surface area contributed by atoms with Gasteiger partial charge in [0.25, 0.3) is 0 Å². The van der Waals surface area contributed by atoms with E-state index in [4.69, 9.17) is 23.7 Å². The summed E-state index contributed by atoms with van der Waals surface area (Å²) in [6.07, 6.45) is -1.74. The molecule has 0 saturated carbocycles. The van der Waals surface area contributed by atoms with Crippen molar-refractivity contribution in [3.63, 3.8) is 0 Å². The largest absolute Gasteiger partial charge is 0.445 e. The molecule has 2 aliphatic rings. The van der Waals surface area contributed by atoms with E-state index < -0.39 is 24.3 Å². The summed E-state index contributed by atoms with van der Waals surface area (Å²) in [7, 11) is 0. The Kier molecular flexibility index (Phi) is 9.77. The van der Waals surface area contributed by atoms with Crippen LogP contribution in [0, 0.1) is 0 Å². The highest BCUT2D eigenvalue weighted by Gasteiger charge is 2.57. The molecular weight excluding hydrogens is 542 g/mol. The predicted octanol–water partition coefficient (Wildman–Crippen LogP) is 6.16. The molecule has 2 fully saturated rings. The molecule has 222 valence electrons. The summed E-state index contributed by atoms with van der Waals surface area (Å²) in [6.45, 7) is 1.96. The molecule has 1 amide bonds. The number of epoxide rings is 1. The smallest absolute Gasteiger partial charge is 0.410 e. The van der Waals surface area contributed by atoms with Gasteiger partial charge in [0.15, 0.2) is 0 Å². The third kappa shape index (κ3) is 7.89. The summed E-state index contributed by atoms with van der Waals surface area (Å²) in [5.74, 6) is 0.